The van der Waals surface area contributed by atoms with Gasteiger partial charge >= 0.3 is 0 Å². The average molecular weight is 497 g/mol. The zero-order valence-corrected chi connectivity index (χ0v) is 21.0. The molecule has 6 heteroatoms. The van der Waals surface area contributed by atoms with Crippen molar-refractivity contribution in [2.75, 3.05) is 19.3 Å². The average Bonchev–Trinajstić information content (AvgIpc) is 2.77. The Morgan fingerprint density at radius 2 is 1.74 bits per heavy atom. The molecule has 34 heavy (non-hydrogen) atoms. The Labute approximate surface area is 209 Å². The molecule has 0 unspecified atom stereocenters. The molecular formula is C28H27ClF2N2S. The molecule has 1 aliphatic heterocycles. The lowest BCUT2D eigenvalue weighted by molar-refractivity contribution is 0.00806. The first-order valence-corrected chi connectivity index (χ1v) is 12.8. The van der Waals surface area contributed by atoms with Crippen LogP contribution in [0.5, 0.6) is 0 Å². The molecule has 176 valence electrons. The van der Waals surface area contributed by atoms with Crippen LogP contribution < -0.4 is 0 Å². The van der Waals surface area contributed by atoms with Crippen molar-refractivity contribution >= 4 is 23.4 Å². The second-order valence-electron chi connectivity index (χ2n) is 9.37. The third-order valence-electron chi connectivity index (χ3n) is 6.52. The molecule has 2 atom stereocenters. The molecular weight excluding hydrogens is 470 g/mol. The second-order valence-corrected chi connectivity index (χ2v) is 10.7. The van der Waals surface area contributed by atoms with Gasteiger partial charge in [-0.2, -0.15) is 5.26 Å². The van der Waals surface area contributed by atoms with Crippen molar-refractivity contribution in [3.8, 4) is 6.07 Å². The van der Waals surface area contributed by atoms with E-state index in [0.29, 0.717) is 29.2 Å². The molecule has 0 bridgehead atoms. The highest BCUT2D eigenvalue weighted by molar-refractivity contribution is 7.98. The zero-order chi connectivity index (χ0) is 24.5. The molecule has 0 saturated carbocycles. The van der Waals surface area contributed by atoms with Crippen LogP contribution in [0.2, 0.25) is 5.02 Å². The molecule has 4 rings (SSSR count). The van der Waals surface area contributed by atoms with E-state index in [2.05, 4.69) is 11.0 Å². The monoisotopic (exact) mass is 496 g/mol. The van der Waals surface area contributed by atoms with Crippen LogP contribution in [0.15, 0.2) is 71.6 Å². The van der Waals surface area contributed by atoms with Gasteiger partial charge < -0.3 is 0 Å². The second kappa shape index (κ2) is 10.1. The minimum atomic E-state index is -1.50. The van der Waals surface area contributed by atoms with Crippen molar-refractivity contribution in [3.05, 3.63) is 99.8 Å². The van der Waals surface area contributed by atoms with Crippen LogP contribution in [0, 0.1) is 23.1 Å². The van der Waals surface area contributed by atoms with E-state index < -0.39 is 11.6 Å². The van der Waals surface area contributed by atoms with Crippen LogP contribution in [0.1, 0.15) is 48.1 Å². The summed E-state index contributed by atoms with van der Waals surface area (Å²) in [6.45, 7) is 4.48. The van der Waals surface area contributed by atoms with E-state index >= 15 is 4.39 Å². The van der Waals surface area contributed by atoms with Gasteiger partial charge in [0.05, 0.1) is 17.7 Å². The van der Waals surface area contributed by atoms with Crippen molar-refractivity contribution in [2.45, 2.75) is 36.4 Å². The van der Waals surface area contributed by atoms with Crippen molar-refractivity contribution in [1.82, 2.24) is 4.90 Å². The number of alkyl halides is 1. The highest BCUT2D eigenvalue weighted by Gasteiger charge is 2.45. The molecule has 3 aromatic rings. The SMILES string of the molecule is CSc1cc(F)cc([C@H](C2CN([C@@H](c3ccc(Cl)cc3)c3cccc(C#N)c3)C2)C(C)(C)F)c1. The number of benzene rings is 3. The lowest BCUT2D eigenvalue weighted by atomic mass is 9.72. The molecule has 0 radical (unpaired) electrons. The number of hydrogen-bond donors (Lipinski definition) is 0. The number of rotatable bonds is 7. The van der Waals surface area contributed by atoms with Gasteiger partial charge in [0.15, 0.2) is 0 Å². The first-order chi connectivity index (χ1) is 16.2. The van der Waals surface area contributed by atoms with Crippen molar-refractivity contribution in [3.63, 3.8) is 0 Å². The predicted molar refractivity (Wildman–Crippen MR) is 136 cm³/mol. The van der Waals surface area contributed by atoms with Crippen molar-refractivity contribution in [2.24, 2.45) is 5.92 Å². The van der Waals surface area contributed by atoms with E-state index in [9.17, 15) is 9.65 Å². The van der Waals surface area contributed by atoms with Crippen LogP contribution in [-0.4, -0.2) is 29.9 Å². The molecule has 0 aromatic heterocycles. The van der Waals surface area contributed by atoms with Gasteiger partial charge in [-0.25, -0.2) is 8.78 Å². The molecule has 3 aromatic carbocycles. The van der Waals surface area contributed by atoms with Gasteiger partial charge in [-0.3, -0.25) is 4.90 Å². The summed E-state index contributed by atoms with van der Waals surface area (Å²) in [7, 11) is 0. The van der Waals surface area contributed by atoms with E-state index in [4.69, 9.17) is 11.6 Å². The first kappa shape index (κ1) is 24.7. The van der Waals surface area contributed by atoms with Gasteiger partial charge in [-0.05, 0) is 85.2 Å². The fourth-order valence-corrected chi connectivity index (χ4v) is 5.73. The highest BCUT2D eigenvalue weighted by atomic mass is 35.5. The fourth-order valence-electron chi connectivity index (χ4n) is 5.12. The number of likely N-dealkylation sites (tertiary alicyclic amines) is 1. The summed E-state index contributed by atoms with van der Waals surface area (Å²) in [5.74, 6) is -0.730. The van der Waals surface area contributed by atoms with Crippen LogP contribution in [0.25, 0.3) is 0 Å². The normalized spacial score (nSPS) is 16.5. The smallest absolute Gasteiger partial charge is 0.124 e. The summed E-state index contributed by atoms with van der Waals surface area (Å²) in [6, 6.07) is 22.3. The predicted octanol–water partition coefficient (Wildman–Crippen LogP) is 7.63. The topological polar surface area (TPSA) is 27.0 Å². The lowest BCUT2D eigenvalue weighted by Crippen LogP contribution is -2.53. The first-order valence-electron chi connectivity index (χ1n) is 11.2. The van der Waals surface area contributed by atoms with Gasteiger partial charge in [0.2, 0.25) is 0 Å². The molecule has 2 nitrogen and oxygen atoms in total. The third kappa shape index (κ3) is 5.30. The zero-order valence-electron chi connectivity index (χ0n) is 19.4. The summed E-state index contributed by atoms with van der Waals surface area (Å²) >= 11 is 7.58. The van der Waals surface area contributed by atoms with Gasteiger partial charge in [0.25, 0.3) is 0 Å². The molecule has 1 aliphatic rings. The molecule has 0 aliphatic carbocycles. The molecule has 0 N–H and O–H groups in total. The van der Waals surface area contributed by atoms with E-state index in [0.717, 1.165) is 16.0 Å². The summed E-state index contributed by atoms with van der Waals surface area (Å²) in [4.78, 5) is 3.09. The van der Waals surface area contributed by atoms with Gasteiger partial charge in [-0.1, -0.05) is 35.9 Å². The van der Waals surface area contributed by atoms with Crippen molar-refractivity contribution in [1.29, 1.82) is 5.26 Å². The largest absolute Gasteiger partial charge is 0.292 e. The molecule has 0 spiro atoms. The molecule has 1 saturated heterocycles. The Balaban J connectivity index is 1.66. The number of nitrogens with zero attached hydrogens (tertiary/aromatic N) is 2. The van der Waals surface area contributed by atoms with Gasteiger partial charge in [-0.15, -0.1) is 11.8 Å². The minimum Gasteiger partial charge on any atom is -0.292 e. The Bertz CT molecular complexity index is 1190. The summed E-state index contributed by atoms with van der Waals surface area (Å²) in [5.41, 5.74) is 1.86. The van der Waals surface area contributed by atoms with E-state index in [1.807, 2.05) is 54.8 Å². The maximum atomic E-state index is 15.5. The van der Waals surface area contributed by atoms with Gasteiger partial charge in [0, 0.05) is 28.9 Å². The molecule has 1 heterocycles. The highest BCUT2D eigenvalue weighted by Crippen LogP contribution is 2.46. The van der Waals surface area contributed by atoms with Crippen molar-refractivity contribution < 1.29 is 8.78 Å². The maximum absolute atomic E-state index is 15.5. The maximum Gasteiger partial charge on any atom is 0.124 e. The number of hydrogen-bond acceptors (Lipinski definition) is 3. The van der Waals surface area contributed by atoms with Crippen LogP contribution in [-0.2, 0) is 0 Å². The third-order valence-corrected chi connectivity index (χ3v) is 7.48. The lowest BCUT2D eigenvalue weighted by Gasteiger charge is -2.50. The van der Waals surface area contributed by atoms with Crippen LogP contribution >= 0.6 is 23.4 Å². The Morgan fingerprint density at radius 3 is 2.35 bits per heavy atom. The standard InChI is InChI=1S/C28H27ClF2N2S/c1-28(2,31)26(21-12-24(30)14-25(13-21)34-3)22-16-33(17-22)27(19-7-9-23(29)10-8-19)20-6-4-5-18(11-20)15-32/h4-14,22,26-27H,16-17H2,1-3H3/t26-,27+/m1/s1. The molecule has 1 fully saturated rings. The summed E-state index contributed by atoms with van der Waals surface area (Å²) in [6.07, 6.45) is 1.89. The van der Waals surface area contributed by atoms with E-state index in [-0.39, 0.29) is 17.8 Å². The Kier molecular flexibility index (Phi) is 7.33. The van der Waals surface area contributed by atoms with Crippen LogP contribution in [0.3, 0.4) is 0 Å². The van der Waals surface area contributed by atoms with Crippen LogP contribution in [0.4, 0.5) is 8.78 Å². The quantitative estimate of drug-likeness (QED) is 0.315. The number of halogens is 3. The number of thioether (sulfide) groups is 1. The summed E-state index contributed by atoms with van der Waals surface area (Å²) < 4.78 is 29.8. The Morgan fingerprint density at radius 1 is 1.03 bits per heavy atom. The van der Waals surface area contributed by atoms with E-state index in [1.54, 1.807) is 19.9 Å². The van der Waals surface area contributed by atoms with Gasteiger partial charge in [0.1, 0.15) is 11.5 Å². The summed E-state index contributed by atoms with van der Waals surface area (Å²) in [5, 5.41) is 10.1. The number of nitriles is 1. The Hall–Kier alpha value is -2.39. The molecule has 0 amide bonds. The minimum absolute atomic E-state index is 0.0328. The van der Waals surface area contributed by atoms with E-state index in [1.165, 1.54) is 23.9 Å². The fraction of sp³-hybridized carbons (Fsp3) is 0.321.